The van der Waals surface area contributed by atoms with Crippen LogP contribution in [0.4, 0.5) is 0 Å². The van der Waals surface area contributed by atoms with Gasteiger partial charge in [-0.1, -0.05) is 32.4 Å². The lowest BCUT2D eigenvalue weighted by Gasteiger charge is -2.17. The molecule has 0 aromatic rings. The number of nitrogens with one attached hydrogen (secondary N) is 2. The number of carbonyl (C=O) groups excluding carboxylic acids is 1. The molecule has 4 heteroatoms. The van der Waals surface area contributed by atoms with E-state index in [-0.39, 0.29) is 18.3 Å². The second-order valence-electron chi connectivity index (χ2n) is 5.02. The van der Waals surface area contributed by atoms with E-state index < -0.39 is 0 Å². The highest BCUT2D eigenvalue weighted by atomic mass is 35.5. The number of amides is 1. The van der Waals surface area contributed by atoms with Crippen molar-refractivity contribution in [3.05, 3.63) is 11.6 Å². The van der Waals surface area contributed by atoms with Crippen LogP contribution in [0.3, 0.4) is 0 Å². The van der Waals surface area contributed by atoms with Crippen LogP contribution >= 0.6 is 12.4 Å². The Hall–Kier alpha value is -0.540. The predicted molar refractivity (Wildman–Crippen MR) is 74.4 cm³/mol. The third-order valence-corrected chi connectivity index (χ3v) is 3.32. The first-order valence-electron chi connectivity index (χ1n) is 6.25. The van der Waals surface area contributed by atoms with Crippen LogP contribution in [-0.4, -0.2) is 25.5 Å². The van der Waals surface area contributed by atoms with Crippen molar-refractivity contribution in [2.24, 2.45) is 11.8 Å². The van der Waals surface area contributed by atoms with Crippen molar-refractivity contribution in [2.75, 3.05) is 19.6 Å². The summed E-state index contributed by atoms with van der Waals surface area (Å²) in [6, 6.07) is 0. The molecule has 1 heterocycles. The van der Waals surface area contributed by atoms with Crippen LogP contribution in [0, 0.1) is 11.8 Å². The molecular formula is C13H25ClN2O. The van der Waals surface area contributed by atoms with E-state index in [2.05, 4.69) is 37.5 Å². The molecule has 17 heavy (non-hydrogen) atoms. The standard InChI is InChI=1S/C13H24N2O.ClH/c1-10(2)11(3)8-13(16)15-9-12-4-6-14-7-5-12;/h4,10-11,14H,5-9H2,1-3H3,(H,15,16);1H. The number of hydrogen-bond acceptors (Lipinski definition) is 2. The Morgan fingerprint density at radius 3 is 2.71 bits per heavy atom. The molecule has 0 radical (unpaired) electrons. The summed E-state index contributed by atoms with van der Waals surface area (Å²) in [5.41, 5.74) is 1.35. The van der Waals surface area contributed by atoms with Gasteiger partial charge in [0.1, 0.15) is 0 Å². The molecule has 100 valence electrons. The minimum absolute atomic E-state index is 0. The highest BCUT2D eigenvalue weighted by Gasteiger charge is 2.12. The topological polar surface area (TPSA) is 41.1 Å². The molecule has 2 N–H and O–H groups in total. The second kappa shape index (κ2) is 8.54. The van der Waals surface area contributed by atoms with E-state index in [1.165, 1.54) is 5.57 Å². The maximum atomic E-state index is 11.6. The Bertz CT molecular complexity index is 264. The van der Waals surface area contributed by atoms with Gasteiger partial charge in [0, 0.05) is 19.5 Å². The van der Waals surface area contributed by atoms with E-state index in [4.69, 9.17) is 0 Å². The molecule has 1 atom stereocenters. The first-order valence-corrected chi connectivity index (χ1v) is 6.25. The average molecular weight is 261 g/mol. The van der Waals surface area contributed by atoms with Gasteiger partial charge in [-0.3, -0.25) is 4.79 Å². The highest BCUT2D eigenvalue weighted by molar-refractivity contribution is 5.85. The van der Waals surface area contributed by atoms with Gasteiger partial charge >= 0.3 is 0 Å². The van der Waals surface area contributed by atoms with Crippen LogP contribution in [0.1, 0.15) is 33.6 Å². The zero-order valence-electron chi connectivity index (χ0n) is 11.1. The molecule has 0 aromatic carbocycles. The van der Waals surface area contributed by atoms with Crippen molar-refractivity contribution in [3.63, 3.8) is 0 Å². The zero-order valence-corrected chi connectivity index (χ0v) is 11.9. The quantitative estimate of drug-likeness (QED) is 0.744. The molecule has 0 fully saturated rings. The summed E-state index contributed by atoms with van der Waals surface area (Å²) >= 11 is 0. The van der Waals surface area contributed by atoms with Gasteiger partial charge in [0.15, 0.2) is 0 Å². The summed E-state index contributed by atoms with van der Waals surface area (Å²) in [5, 5.41) is 6.26. The van der Waals surface area contributed by atoms with Gasteiger partial charge in [0.05, 0.1) is 0 Å². The first-order chi connectivity index (χ1) is 7.59. The monoisotopic (exact) mass is 260 g/mol. The van der Waals surface area contributed by atoms with Gasteiger partial charge in [0.2, 0.25) is 5.91 Å². The molecule has 0 aliphatic carbocycles. The molecule has 0 saturated heterocycles. The van der Waals surface area contributed by atoms with Gasteiger partial charge < -0.3 is 10.6 Å². The Morgan fingerprint density at radius 2 is 2.18 bits per heavy atom. The van der Waals surface area contributed by atoms with E-state index in [0.717, 1.165) is 26.1 Å². The number of halogens is 1. The summed E-state index contributed by atoms with van der Waals surface area (Å²) < 4.78 is 0. The van der Waals surface area contributed by atoms with Crippen LogP contribution in [0.15, 0.2) is 11.6 Å². The van der Waals surface area contributed by atoms with Crippen molar-refractivity contribution in [1.29, 1.82) is 0 Å². The molecule has 0 bridgehead atoms. The average Bonchev–Trinajstić information content (AvgIpc) is 2.27. The Morgan fingerprint density at radius 1 is 1.47 bits per heavy atom. The summed E-state index contributed by atoms with van der Waals surface area (Å²) in [4.78, 5) is 11.6. The van der Waals surface area contributed by atoms with Crippen LogP contribution in [0.25, 0.3) is 0 Å². The maximum Gasteiger partial charge on any atom is 0.220 e. The highest BCUT2D eigenvalue weighted by Crippen LogP contribution is 2.13. The Balaban J connectivity index is 0.00000256. The summed E-state index contributed by atoms with van der Waals surface area (Å²) in [6.07, 6.45) is 3.87. The van der Waals surface area contributed by atoms with Crippen LogP contribution in [-0.2, 0) is 4.79 Å². The second-order valence-corrected chi connectivity index (χ2v) is 5.02. The molecule has 1 rings (SSSR count). The predicted octanol–water partition coefficient (Wildman–Crippen LogP) is 2.13. The summed E-state index contributed by atoms with van der Waals surface area (Å²) in [7, 11) is 0. The number of carbonyl (C=O) groups is 1. The molecule has 0 saturated carbocycles. The minimum atomic E-state index is 0. The Kier molecular flexibility index (Phi) is 8.26. The largest absolute Gasteiger partial charge is 0.352 e. The zero-order chi connectivity index (χ0) is 12.0. The van der Waals surface area contributed by atoms with Crippen molar-refractivity contribution >= 4 is 18.3 Å². The minimum Gasteiger partial charge on any atom is -0.352 e. The van der Waals surface area contributed by atoms with Gasteiger partial charge in [-0.15, -0.1) is 12.4 Å². The molecule has 1 amide bonds. The molecule has 1 unspecified atom stereocenters. The van der Waals surface area contributed by atoms with E-state index >= 15 is 0 Å². The summed E-state index contributed by atoms with van der Waals surface area (Å²) in [6.45, 7) is 9.15. The number of hydrogen-bond donors (Lipinski definition) is 2. The molecule has 0 aromatic heterocycles. The Labute approximate surface area is 111 Å². The SMILES string of the molecule is CC(C)C(C)CC(=O)NCC1=CCNCC1.Cl. The molecule has 1 aliphatic heterocycles. The van der Waals surface area contributed by atoms with Gasteiger partial charge in [-0.2, -0.15) is 0 Å². The van der Waals surface area contributed by atoms with Crippen molar-refractivity contribution < 1.29 is 4.79 Å². The smallest absolute Gasteiger partial charge is 0.220 e. The lowest BCUT2D eigenvalue weighted by Crippen LogP contribution is -2.30. The van der Waals surface area contributed by atoms with Crippen molar-refractivity contribution in [2.45, 2.75) is 33.6 Å². The fraction of sp³-hybridized carbons (Fsp3) is 0.769. The van der Waals surface area contributed by atoms with E-state index in [9.17, 15) is 4.79 Å². The van der Waals surface area contributed by atoms with Crippen molar-refractivity contribution in [3.8, 4) is 0 Å². The third-order valence-electron chi connectivity index (χ3n) is 3.32. The third kappa shape index (κ3) is 6.69. The number of rotatable bonds is 5. The fourth-order valence-corrected chi connectivity index (χ4v) is 1.64. The molecule has 0 spiro atoms. The lowest BCUT2D eigenvalue weighted by atomic mass is 9.94. The van der Waals surface area contributed by atoms with E-state index in [0.29, 0.717) is 18.3 Å². The fourth-order valence-electron chi connectivity index (χ4n) is 1.64. The first kappa shape index (κ1) is 16.5. The van der Waals surface area contributed by atoms with E-state index in [1.807, 2.05) is 0 Å². The van der Waals surface area contributed by atoms with Crippen LogP contribution in [0.2, 0.25) is 0 Å². The summed E-state index contributed by atoms with van der Waals surface area (Å²) in [5.74, 6) is 1.21. The van der Waals surface area contributed by atoms with Crippen LogP contribution in [0.5, 0.6) is 0 Å². The normalized spacial score (nSPS) is 17.1. The van der Waals surface area contributed by atoms with E-state index in [1.54, 1.807) is 0 Å². The van der Waals surface area contributed by atoms with Gasteiger partial charge in [-0.25, -0.2) is 0 Å². The van der Waals surface area contributed by atoms with Gasteiger partial charge in [-0.05, 0) is 24.8 Å². The van der Waals surface area contributed by atoms with Crippen LogP contribution < -0.4 is 10.6 Å². The van der Waals surface area contributed by atoms with Gasteiger partial charge in [0.25, 0.3) is 0 Å². The van der Waals surface area contributed by atoms with Crippen molar-refractivity contribution in [1.82, 2.24) is 10.6 Å². The molecule has 3 nitrogen and oxygen atoms in total. The maximum absolute atomic E-state index is 11.6. The molecular weight excluding hydrogens is 236 g/mol. The lowest BCUT2D eigenvalue weighted by molar-refractivity contribution is -0.122. The molecule has 1 aliphatic rings.